The normalized spacial score (nSPS) is 15.1. The van der Waals surface area contributed by atoms with Crippen LogP contribution in [0.5, 0.6) is 0 Å². The van der Waals surface area contributed by atoms with Gasteiger partial charge < -0.3 is 31.8 Å². The number of rotatable bonds is 15. The molecule has 0 radical (unpaired) electrons. The van der Waals surface area contributed by atoms with Gasteiger partial charge in [-0.3, -0.25) is 14.4 Å². The molecular formula is C27H40N6O5. The molecule has 208 valence electrons. The van der Waals surface area contributed by atoms with Gasteiger partial charge in [0.05, 0.1) is 12.4 Å². The van der Waals surface area contributed by atoms with Crippen LogP contribution in [-0.4, -0.2) is 62.9 Å². The number of nitrogens with one attached hydrogen (secondary N) is 4. The second kappa shape index (κ2) is 14.9. The van der Waals surface area contributed by atoms with E-state index in [0.717, 1.165) is 5.56 Å². The summed E-state index contributed by atoms with van der Waals surface area (Å²) in [4.78, 5) is 58.2. The smallest absolute Gasteiger partial charge is 0.326 e. The van der Waals surface area contributed by atoms with Crippen molar-refractivity contribution >= 4 is 23.7 Å². The van der Waals surface area contributed by atoms with Crippen LogP contribution in [0.25, 0.3) is 0 Å². The van der Waals surface area contributed by atoms with E-state index in [1.54, 1.807) is 37.4 Å². The lowest BCUT2D eigenvalue weighted by Gasteiger charge is -2.28. The van der Waals surface area contributed by atoms with Gasteiger partial charge >= 0.3 is 5.97 Å². The molecule has 1 heterocycles. The second-order valence-corrected chi connectivity index (χ2v) is 10.0. The number of H-pyrrole nitrogens is 1. The fraction of sp³-hybridized carbons (Fsp3) is 0.519. The summed E-state index contributed by atoms with van der Waals surface area (Å²) >= 11 is 0. The third kappa shape index (κ3) is 9.62. The molecule has 1 aromatic heterocycles. The predicted molar refractivity (Wildman–Crippen MR) is 143 cm³/mol. The molecule has 0 spiro atoms. The average molecular weight is 529 g/mol. The van der Waals surface area contributed by atoms with Crippen molar-refractivity contribution in [3.8, 4) is 0 Å². The summed E-state index contributed by atoms with van der Waals surface area (Å²) in [7, 11) is 0. The molecule has 38 heavy (non-hydrogen) atoms. The molecule has 11 heteroatoms. The van der Waals surface area contributed by atoms with Gasteiger partial charge in [0.25, 0.3) is 0 Å². The summed E-state index contributed by atoms with van der Waals surface area (Å²) in [6, 6.07) is 4.94. The van der Waals surface area contributed by atoms with Crippen LogP contribution >= 0.6 is 0 Å². The highest BCUT2D eigenvalue weighted by Gasteiger charge is 2.33. The number of carboxylic acid groups (broad SMARTS) is 1. The summed E-state index contributed by atoms with van der Waals surface area (Å²) in [6.45, 7) is 7.54. The molecule has 2 rings (SSSR count). The highest BCUT2D eigenvalue weighted by Crippen LogP contribution is 2.12. The maximum Gasteiger partial charge on any atom is 0.326 e. The molecule has 3 amide bonds. The first-order chi connectivity index (χ1) is 18.0. The van der Waals surface area contributed by atoms with Gasteiger partial charge in [0.1, 0.15) is 18.1 Å². The molecule has 0 saturated heterocycles. The Bertz CT molecular complexity index is 1040. The van der Waals surface area contributed by atoms with Crippen LogP contribution < -0.4 is 21.7 Å². The Morgan fingerprint density at radius 2 is 1.61 bits per heavy atom. The van der Waals surface area contributed by atoms with E-state index in [2.05, 4.69) is 25.9 Å². The number of aliphatic carboxylic acids is 1. The maximum atomic E-state index is 13.4. The molecule has 1 aromatic carbocycles. The van der Waals surface area contributed by atoms with Gasteiger partial charge in [-0.2, -0.15) is 0 Å². The Balaban J connectivity index is 2.20. The average Bonchev–Trinajstić information content (AvgIpc) is 3.39. The number of aromatic amines is 1. The van der Waals surface area contributed by atoms with Gasteiger partial charge in [-0.15, -0.1) is 0 Å². The number of hydrogen-bond donors (Lipinski definition) is 6. The number of nitrogens with zero attached hydrogens (tertiary/aromatic N) is 1. The Morgan fingerprint density at radius 1 is 0.947 bits per heavy atom. The van der Waals surface area contributed by atoms with Crippen molar-refractivity contribution in [2.45, 2.75) is 77.5 Å². The zero-order valence-electron chi connectivity index (χ0n) is 22.4. The standard InChI is InChI=1S/C27H40N6O5/c1-5-17(4)23(26(36)32-22(27(37)38)12-18-9-7-6-8-10-18)33-25(35)21(13-19-14-29-15-30-19)31-24(34)20(28)11-16(2)3/h6-10,14-17,20-23H,5,11-13,28H2,1-4H3,(H,29,30)(H,31,34)(H,32,36)(H,33,35)(H,37,38). The predicted octanol–water partition coefficient (Wildman–Crippen LogP) is 1.15. The Labute approximate surface area is 223 Å². The molecular weight excluding hydrogens is 488 g/mol. The summed E-state index contributed by atoms with van der Waals surface area (Å²) in [6.07, 6.45) is 4.19. The fourth-order valence-electron chi connectivity index (χ4n) is 3.99. The van der Waals surface area contributed by atoms with Gasteiger partial charge in [-0.1, -0.05) is 64.4 Å². The topological polar surface area (TPSA) is 179 Å². The SMILES string of the molecule is CCC(C)C(NC(=O)C(Cc1cnc[nH]1)NC(=O)C(N)CC(C)C)C(=O)NC(Cc1ccccc1)C(=O)O. The third-order valence-electron chi connectivity index (χ3n) is 6.36. The van der Waals surface area contributed by atoms with E-state index < -0.39 is 47.9 Å². The highest BCUT2D eigenvalue weighted by atomic mass is 16.4. The molecule has 7 N–H and O–H groups in total. The number of hydrogen-bond acceptors (Lipinski definition) is 6. The van der Waals surface area contributed by atoms with Crippen molar-refractivity contribution in [3.05, 3.63) is 54.1 Å². The molecule has 0 aliphatic rings. The minimum absolute atomic E-state index is 0.0926. The zero-order valence-corrected chi connectivity index (χ0v) is 22.4. The second-order valence-electron chi connectivity index (χ2n) is 10.0. The van der Waals surface area contributed by atoms with Gasteiger partial charge in [0.2, 0.25) is 17.7 Å². The van der Waals surface area contributed by atoms with E-state index in [1.807, 2.05) is 26.8 Å². The van der Waals surface area contributed by atoms with Crippen LogP contribution in [0.4, 0.5) is 0 Å². The van der Waals surface area contributed by atoms with Crippen LogP contribution in [0.3, 0.4) is 0 Å². The van der Waals surface area contributed by atoms with Gasteiger partial charge in [0.15, 0.2) is 0 Å². The van der Waals surface area contributed by atoms with Crippen LogP contribution in [0.15, 0.2) is 42.9 Å². The molecule has 0 saturated carbocycles. The van der Waals surface area contributed by atoms with Crippen molar-refractivity contribution in [1.82, 2.24) is 25.9 Å². The van der Waals surface area contributed by atoms with E-state index in [1.165, 1.54) is 6.33 Å². The number of benzene rings is 1. The number of amides is 3. The van der Waals surface area contributed by atoms with E-state index in [4.69, 9.17) is 5.73 Å². The first kappa shape index (κ1) is 30.5. The highest BCUT2D eigenvalue weighted by molar-refractivity contribution is 5.94. The van der Waals surface area contributed by atoms with Crippen LogP contribution in [0.1, 0.15) is 51.8 Å². The third-order valence-corrected chi connectivity index (χ3v) is 6.36. The zero-order chi connectivity index (χ0) is 28.2. The van der Waals surface area contributed by atoms with Gasteiger partial charge in [-0.05, 0) is 23.8 Å². The number of imidazole rings is 1. The van der Waals surface area contributed by atoms with E-state index >= 15 is 0 Å². The molecule has 5 atom stereocenters. The molecule has 5 unspecified atom stereocenters. The molecule has 0 aliphatic heterocycles. The number of carbonyl (C=O) groups is 4. The Morgan fingerprint density at radius 3 is 2.16 bits per heavy atom. The largest absolute Gasteiger partial charge is 0.480 e. The Kier molecular flexibility index (Phi) is 11.9. The first-order valence-electron chi connectivity index (χ1n) is 12.9. The van der Waals surface area contributed by atoms with Crippen molar-refractivity contribution in [2.75, 3.05) is 0 Å². The summed E-state index contributed by atoms with van der Waals surface area (Å²) in [5.41, 5.74) is 7.39. The van der Waals surface area contributed by atoms with Crippen molar-refractivity contribution < 1.29 is 24.3 Å². The molecule has 2 aromatic rings. The number of aromatic nitrogens is 2. The lowest BCUT2D eigenvalue weighted by molar-refractivity contribution is -0.142. The van der Waals surface area contributed by atoms with E-state index in [0.29, 0.717) is 18.5 Å². The summed E-state index contributed by atoms with van der Waals surface area (Å²) < 4.78 is 0. The van der Waals surface area contributed by atoms with Crippen molar-refractivity contribution in [2.24, 2.45) is 17.6 Å². The van der Waals surface area contributed by atoms with Gasteiger partial charge in [-0.25, -0.2) is 9.78 Å². The fourth-order valence-corrected chi connectivity index (χ4v) is 3.99. The van der Waals surface area contributed by atoms with Gasteiger partial charge in [0, 0.05) is 24.7 Å². The lowest BCUT2D eigenvalue weighted by Crippen LogP contribution is -2.59. The quantitative estimate of drug-likeness (QED) is 0.201. The summed E-state index contributed by atoms with van der Waals surface area (Å²) in [5, 5.41) is 17.7. The summed E-state index contributed by atoms with van der Waals surface area (Å²) in [5.74, 6) is -2.97. The minimum atomic E-state index is -1.18. The molecule has 0 fully saturated rings. The van der Waals surface area contributed by atoms with Crippen LogP contribution in [0.2, 0.25) is 0 Å². The maximum absolute atomic E-state index is 13.4. The first-order valence-corrected chi connectivity index (χ1v) is 12.9. The van der Waals surface area contributed by atoms with Crippen molar-refractivity contribution in [1.29, 1.82) is 0 Å². The van der Waals surface area contributed by atoms with Crippen LogP contribution in [0, 0.1) is 11.8 Å². The number of nitrogens with two attached hydrogens (primary N) is 1. The van der Waals surface area contributed by atoms with E-state index in [-0.39, 0.29) is 24.7 Å². The van der Waals surface area contributed by atoms with E-state index in [9.17, 15) is 24.3 Å². The number of carbonyl (C=O) groups excluding carboxylic acids is 3. The minimum Gasteiger partial charge on any atom is -0.480 e. The monoisotopic (exact) mass is 528 g/mol. The van der Waals surface area contributed by atoms with Crippen LogP contribution in [-0.2, 0) is 32.0 Å². The lowest BCUT2D eigenvalue weighted by atomic mass is 9.96. The molecule has 0 aliphatic carbocycles. The number of carboxylic acids is 1. The van der Waals surface area contributed by atoms with Crippen molar-refractivity contribution in [3.63, 3.8) is 0 Å². The Hall–Kier alpha value is -3.73. The molecule has 11 nitrogen and oxygen atoms in total. The molecule has 0 bridgehead atoms.